The van der Waals surface area contributed by atoms with Crippen LogP contribution in [-0.4, -0.2) is 15.1 Å². The fourth-order valence-corrected chi connectivity index (χ4v) is 0.369. The van der Waals surface area contributed by atoms with Crippen LogP contribution < -0.4 is 16.8 Å². The number of H-pyrrole nitrogens is 1. The van der Waals surface area contributed by atoms with Crippen molar-refractivity contribution < 1.29 is 0 Å². The lowest BCUT2D eigenvalue weighted by Crippen LogP contribution is -2.40. The van der Waals surface area contributed by atoms with Gasteiger partial charge in [-0.25, -0.2) is 0 Å². The molecule has 0 amide bonds. The highest BCUT2D eigenvalue weighted by molar-refractivity contribution is 4.78. The third-order valence-corrected chi connectivity index (χ3v) is 0.777. The lowest BCUT2D eigenvalue weighted by atomic mass is 10.7. The summed E-state index contributed by atoms with van der Waals surface area (Å²) in [6.07, 6.45) is 0.867. The molecule has 0 aliphatic heterocycles. The molecule has 3 N–H and O–H groups in total. The van der Waals surface area contributed by atoms with Crippen LogP contribution >= 0.6 is 0 Å². The van der Waals surface area contributed by atoms with Gasteiger partial charge in [0.1, 0.15) is 6.20 Å². The van der Waals surface area contributed by atoms with Gasteiger partial charge in [0.25, 0.3) is 5.43 Å². The highest BCUT2D eigenvalue weighted by Crippen LogP contribution is 1.45. The molecular weight excluding hydrogens is 124 g/mol. The van der Waals surface area contributed by atoms with E-state index in [1.807, 2.05) is 0 Å². The quantitative estimate of drug-likeness (QED) is 0.302. The highest BCUT2D eigenvalue weighted by atomic mass is 16.2. The van der Waals surface area contributed by atoms with E-state index >= 15 is 0 Å². The molecule has 0 saturated carbocycles. The van der Waals surface area contributed by atoms with Gasteiger partial charge in [-0.2, -0.15) is 10.3 Å². The summed E-state index contributed by atoms with van der Waals surface area (Å²) in [5.74, 6) is 4.91. The molecule has 0 spiro atoms. The number of nitrogen functional groups attached to an aromatic ring is 1. The number of hydrogen-bond acceptors (Lipinski definition) is 4. The maximum atomic E-state index is 10.4. The van der Waals surface area contributed by atoms with Gasteiger partial charge in [-0.05, 0) is 0 Å². The lowest BCUT2D eigenvalue weighted by molar-refractivity contribution is 0.674. The van der Waals surface area contributed by atoms with Crippen molar-refractivity contribution in [3.8, 4) is 0 Å². The Hall–Kier alpha value is -1.59. The summed E-state index contributed by atoms with van der Waals surface area (Å²) >= 11 is 0. The summed E-state index contributed by atoms with van der Waals surface area (Å²) < 4.78 is 0. The first kappa shape index (κ1) is 5.54. The van der Waals surface area contributed by atoms with Gasteiger partial charge >= 0.3 is 5.56 Å². The summed E-state index contributed by atoms with van der Waals surface area (Å²) in [5, 5.41) is 5.32. The third-order valence-electron chi connectivity index (χ3n) is 0.777. The van der Waals surface area contributed by atoms with Crippen molar-refractivity contribution in [3.05, 3.63) is 26.8 Å². The van der Waals surface area contributed by atoms with E-state index in [1.165, 1.54) is 0 Å². The minimum Gasteiger partial charge on any atom is -0.320 e. The summed E-state index contributed by atoms with van der Waals surface area (Å²) in [6, 6.07) is 0. The Balaban J connectivity index is 3.63. The molecule has 1 aromatic heterocycles. The van der Waals surface area contributed by atoms with Gasteiger partial charge in [-0.3, -0.25) is 9.59 Å². The van der Waals surface area contributed by atoms with E-state index in [-0.39, 0.29) is 0 Å². The first-order chi connectivity index (χ1) is 4.22. The second kappa shape index (κ2) is 1.73. The van der Waals surface area contributed by atoms with E-state index < -0.39 is 11.0 Å². The molecule has 6 nitrogen and oxygen atoms in total. The molecule has 0 aliphatic rings. The summed E-state index contributed by atoms with van der Waals surface area (Å²) in [7, 11) is 0. The maximum Gasteiger partial charge on any atom is 0.334 e. The molecular formula is C3H4N4O2. The minimum atomic E-state index is -0.815. The molecule has 1 heterocycles. The van der Waals surface area contributed by atoms with Crippen LogP contribution in [0.1, 0.15) is 0 Å². The number of rotatable bonds is 0. The topological polar surface area (TPSA) is 93.8 Å². The molecule has 0 bridgehead atoms. The van der Waals surface area contributed by atoms with Crippen LogP contribution in [0, 0.1) is 0 Å². The van der Waals surface area contributed by atoms with Gasteiger partial charge in [0.2, 0.25) is 0 Å². The standard InChI is InChI=1S/C3H4N4O2/c4-7-3(9)2(8)1-5-6-7/h1,6H,4H2. The molecule has 0 saturated heterocycles. The summed E-state index contributed by atoms with van der Waals surface area (Å²) in [4.78, 5) is 21.3. The monoisotopic (exact) mass is 128 g/mol. The first-order valence-electron chi connectivity index (χ1n) is 2.13. The zero-order chi connectivity index (χ0) is 6.85. The summed E-state index contributed by atoms with van der Waals surface area (Å²) in [6.45, 7) is 0. The van der Waals surface area contributed by atoms with Crippen LogP contribution in [0.4, 0.5) is 0 Å². The third kappa shape index (κ3) is 0.809. The zero-order valence-electron chi connectivity index (χ0n) is 4.37. The molecule has 0 unspecified atom stereocenters. The van der Waals surface area contributed by atoms with E-state index in [0.717, 1.165) is 6.20 Å². The first-order valence-corrected chi connectivity index (χ1v) is 2.13. The number of aromatic amines is 1. The molecule has 0 aromatic carbocycles. The molecule has 0 radical (unpaired) electrons. The molecule has 0 aliphatic carbocycles. The Morgan fingerprint density at radius 1 is 1.67 bits per heavy atom. The van der Waals surface area contributed by atoms with Gasteiger partial charge in [0.15, 0.2) is 0 Å². The molecule has 1 aromatic rings. The molecule has 1 rings (SSSR count). The van der Waals surface area contributed by atoms with Crippen LogP contribution in [0.5, 0.6) is 0 Å². The lowest BCUT2D eigenvalue weighted by Gasteiger charge is -1.89. The molecule has 6 heteroatoms. The number of nitrogens with zero attached hydrogens (tertiary/aromatic N) is 2. The Morgan fingerprint density at radius 2 is 2.33 bits per heavy atom. The largest absolute Gasteiger partial charge is 0.334 e. The molecule has 0 atom stereocenters. The number of hydrogen-bond donors (Lipinski definition) is 2. The predicted octanol–water partition coefficient (Wildman–Crippen LogP) is -2.35. The fourth-order valence-electron chi connectivity index (χ4n) is 0.369. The van der Waals surface area contributed by atoms with E-state index in [9.17, 15) is 9.59 Å². The highest BCUT2D eigenvalue weighted by Gasteiger charge is 1.92. The van der Waals surface area contributed by atoms with E-state index in [1.54, 1.807) is 0 Å². The van der Waals surface area contributed by atoms with Crippen molar-refractivity contribution in [1.29, 1.82) is 0 Å². The van der Waals surface area contributed by atoms with Crippen LogP contribution in [0.3, 0.4) is 0 Å². The molecule has 48 valence electrons. The van der Waals surface area contributed by atoms with Gasteiger partial charge in [0, 0.05) is 0 Å². The van der Waals surface area contributed by atoms with E-state index in [0.29, 0.717) is 4.79 Å². The van der Waals surface area contributed by atoms with E-state index in [4.69, 9.17) is 5.84 Å². The van der Waals surface area contributed by atoms with Crippen LogP contribution in [-0.2, 0) is 0 Å². The van der Waals surface area contributed by atoms with Crippen molar-refractivity contribution in [2.45, 2.75) is 0 Å². The minimum absolute atomic E-state index is 0.516. The Labute approximate surface area is 48.9 Å². The van der Waals surface area contributed by atoms with Crippen LogP contribution in [0.25, 0.3) is 0 Å². The second-order valence-electron chi connectivity index (χ2n) is 1.40. The van der Waals surface area contributed by atoms with Crippen molar-refractivity contribution in [2.75, 3.05) is 5.84 Å². The number of nitrogens with two attached hydrogens (primary N) is 1. The van der Waals surface area contributed by atoms with Gasteiger partial charge < -0.3 is 5.84 Å². The second-order valence-corrected chi connectivity index (χ2v) is 1.40. The van der Waals surface area contributed by atoms with Crippen LogP contribution in [0.15, 0.2) is 15.8 Å². The SMILES string of the molecule is Nn1[nH]ncc(=O)c1=O. The smallest absolute Gasteiger partial charge is 0.320 e. The van der Waals surface area contributed by atoms with Crippen molar-refractivity contribution in [2.24, 2.45) is 0 Å². The average Bonchev–Trinajstić information content (AvgIpc) is 1.83. The normalized spacial score (nSPS) is 9.33. The summed E-state index contributed by atoms with van der Waals surface area (Å²) in [5.41, 5.74) is -1.54. The van der Waals surface area contributed by atoms with Gasteiger partial charge in [-0.15, -0.1) is 4.79 Å². The van der Waals surface area contributed by atoms with Crippen LogP contribution in [0.2, 0.25) is 0 Å². The predicted molar refractivity (Wildman–Crippen MR) is 29.3 cm³/mol. The maximum absolute atomic E-state index is 10.4. The Morgan fingerprint density at radius 3 is 2.78 bits per heavy atom. The number of aromatic nitrogens is 3. The van der Waals surface area contributed by atoms with Crippen molar-refractivity contribution in [1.82, 2.24) is 15.1 Å². The van der Waals surface area contributed by atoms with Gasteiger partial charge in [0.05, 0.1) is 0 Å². The van der Waals surface area contributed by atoms with Crippen molar-refractivity contribution >= 4 is 0 Å². The average molecular weight is 128 g/mol. The Kier molecular flexibility index (Phi) is 1.07. The van der Waals surface area contributed by atoms with Gasteiger partial charge in [-0.1, -0.05) is 0 Å². The van der Waals surface area contributed by atoms with Crippen molar-refractivity contribution in [3.63, 3.8) is 0 Å². The number of nitrogens with one attached hydrogen (secondary N) is 1. The zero-order valence-corrected chi connectivity index (χ0v) is 4.37. The molecule has 0 fully saturated rings. The fraction of sp³-hybridized carbons (Fsp3) is 0. The van der Waals surface area contributed by atoms with E-state index in [2.05, 4.69) is 10.3 Å². The molecule has 9 heavy (non-hydrogen) atoms. The Bertz CT molecular complexity index is 310.